The molecule has 2 aromatic rings. The summed E-state index contributed by atoms with van der Waals surface area (Å²) in [4.78, 5) is 1.03. The molecule has 0 aromatic heterocycles. The Hall–Kier alpha value is -1.41. The Balaban J connectivity index is 2.03. The molecule has 1 N–H and O–H groups in total. The van der Waals surface area contributed by atoms with Crippen LogP contribution in [0.25, 0.3) is 0 Å². The van der Waals surface area contributed by atoms with Gasteiger partial charge in [-0.2, -0.15) is 0 Å². The minimum atomic E-state index is 0.809. The van der Waals surface area contributed by atoms with Gasteiger partial charge in [0.2, 0.25) is 0 Å². The highest BCUT2D eigenvalue weighted by molar-refractivity contribution is 7.80. The maximum Gasteiger partial charge on any atom is 0.0411 e. The molecule has 0 radical (unpaired) electrons. The summed E-state index contributed by atoms with van der Waals surface area (Å²) in [6, 6.07) is 18.3. The molecule has 0 saturated heterocycles. The third kappa shape index (κ3) is 2.77. The van der Waals surface area contributed by atoms with Gasteiger partial charge in [0.1, 0.15) is 0 Å². The van der Waals surface area contributed by atoms with E-state index >= 15 is 0 Å². The Labute approximate surface area is 95.6 Å². The fourth-order valence-corrected chi connectivity index (χ4v) is 1.65. The van der Waals surface area contributed by atoms with Crippen molar-refractivity contribution >= 4 is 18.3 Å². The molecule has 2 aromatic carbocycles. The van der Waals surface area contributed by atoms with Gasteiger partial charge in [-0.1, -0.05) is 36.4 Å². The van der Waals surface area contributed by atoms with E-state index in [9.17, 15) is 0 Å². The number of anilines is 1. The molecule has 76 valence electrons. The van der Waals surface area contributed by atoms with Crippen LogP contribution in [0, 0.1) is 0 Å². The van der Waals surface area contributed by atoms with Gasteiger partial charge < -0.3 is 5.32 Å². The average molecular weight is 215 g/mol. The number of rotatable bonds is 3. The molecule has 0 unspecified atom stereocenters. The fourth-order valence-electron chi connectivity index (χ4n) is 1.41. The summed E-state index contributed by atoms with van der Waals surface area (Å²) >= 11 is 4.40. The Morgan fingerprint density at radius 3 is 2.27 bits per heavy atom. The zero-order chi connectivity index (χ0) is 10.5. The van der Waals surface area contributed by atoms with Gasteiger partial charge in [0.05, 0.1) is 0 Å². The molecule has 0 amide bonds. The first-order valence-electron chi connectivity index (χ1n) is 4.92. The van der Waals surface area contributed by atoms with E-state index in [0.717, 1.165) is 17.1 Å². The van der Waals surface area contributed by atoms with Crippen LogP contribution in [0.4, 0.5) is 5.69 Å². The Morgan fingerprint density at radius 1 is 0.867 bits per heavy atom. The second kappa shape index (κ2) is 4.89. The second-order valence-corrected chi connectivity index (χ2v) is 3.83. The van der Waals surface area contributed by atoms with Gasteiger partial charge >= 0.3 is 0 Å². The van der Waals surface area contributed by atoms with Gasteiger partial charge in [-0.15, -0.1) is 12.6 Å². The van der Waals surface area contributed by atoms with E-state index in [1.165, 1.54) is 5.56 Å². The van der Waals surface area contributed by atoms with Crippen molar-refractivity contribution in [2.75, 3.05) is 5.32 Å². The first-order valence-corrected chi connectivity index (χ1v) is 5.37. The third-order valence-corrected chi connectivity index (χ3v) is 2.68. The van der Waals surface area contributed by atoms with Gasteiger partial charge in [0, 0.05) is 17.1 Å². The van der Waals surface area contributed by atoms with Crippen LogP contribution in [-0.4, -0.2) is 0 Å². The summed E-state index contributed by atoms with van der Waals surface area (Å²) in [6.45, 7) is 0.809. The lowest BCUT2D eigenvalue weighted by molar-refractivity contribution is 1.10. The minimum Gasteiger partial charge on any atom is -0.381 e. The van der Waals surface area contributed by atoms with Crippen molar-refractivity contribution in [3.8, 4) is 0 Å². The SMILES string of the molecule is Sc1ccccc1CNc1ccccc1. The first kappa shape index (κ1) is 10.1. The van der Waals surface area contributed by atoms with E-state index in [4.69, 9.17) is 0 Å². The predicted octanol–water partition coefficient (Wildman–Crippen LogP) is 3.59. The molecule has 0 aliphatic heterocycles. The highest BCUT2D eigenvalue weighted by atomic mass is 32.1. The Kier molecular flexibility index (Phi) is 3.30. The Bertz CT molecular complexity index is 426. The smallest absolute Gasteiger partial charge is 0.0411 e. The van der Waals surface area contributed by atoms with Gasteiger partial charge in [-0.25, -0.2) is 0 Å². The van der Waals surface area contributed by atoms with Crippen molar-refractivity contribution in [3.63, 3.8) is 0 Å². The molecule has 0 aliphatic rings. The van der Waals surface area contributed by atoms with E-state index in [0.29, 0.717) is 0 Å². The van der Waals surface area contributed by atoms with Crippen molar-refractivity contribution in [3.05, 3.63) is 60.2 Å². The lowest BCUT2D eigenvalue weighted by Gasteiger charge is -2.07. The first-order chi connectivity index (χ1) is 7.36. The van der Waals surface area contributed by atoms with Crippen LogP contribution in [0.3, 0.4) is 0 Å². The zero-order valence-electron chi connectivity index (χ0n) is 8.35. The van der Waals surface area contributed by atoms with Crippen molar-refractivity contribution in [2.45, 2.75) is 11.4 Å². The van der Waals surface area contributed by atoms with Crippen LogP contribution in [0.1, 0.15) is 5.56 Å². The molecule has 0 fully saturated rings. The summed E-state index contributed by atoms with van der Waals surface area (Å²) < 4.78 is 0. The number of benzene rings is 2. The molecule has 15 heavy (non-hydrogen) atoms. The highest BCUT2D eigenvalue weighted by Crippen LogP contribution is 2.15. The van der Waals surface area contributed by atoms with Crippen molar-refractivity contribution in [2.24, 2.45) is 0 Å². The minimum absolute atomic E-state index is 0.809. The summed E-state index contributed by atoms with van der Waals surface area (Å²) in [6.07, 6.45) is 0. The van der Waals surface area contributed by atoms with E-state index < -0.39 is 0 Å². The van der Waals surface area contributed by atoms with E-state index in [2.05, 4.69) is 36.1 Å². The molecular weight excluding hydrogens is 202 g/mol. The number of thiol groups is 1. The summed E-state index contributed by atoms with van der Waals surface area (Å²) in [5, 5.41) is 3.35. The molecule has 0 bridgehead atoms. The molecule has 0 heterocycles. The second-order valence-electron chi connectivity index (χ2n) is 3.35. The van der Waals surface area contributed by atoms with Gasteiger partial charge in [0.15, 0.2) is 0 Å². The maximum absolute atomic E-state index is 4.40. The largest absolute Gasteiger partial charge is 0.381 e. The Morgan fingerprint density at radius 2 is 1.53 bits per heavy atom. The normalized spacial score (nSPS) is 9.93. The van der Waals surface area contributed by atoms with Crippen LogP contribution < -0.4 is 5.32 Å². The maximum atomic E-state index is 4.40. The lowest BCUT2D eigenvalue weighted by atomic mass is 10.2. The van der Waals surface area contributed by atoms with Crippen molar-refractivity contribution in [1.82, 2.24) is 0 Å². The number of para-hydroxylation sites is 1. The molecule has 2 heteroatoms. The molecule has 0 spiro atoms. The van der Waals surface area contributed by atoms with Gasteiger partial charge in [0.25, 0.3) is 0 Å². The van der Waals surface area contributed by atoms with Crippen molar-refractivity contribution in [1.29, 1.82) is 0 Å². The van der Waals surface area contributed by atoms with Crippen LogP contribution >= 0.6 is 12.6 Å². The van der Waals surface area contributed by atoms with Crippen LogP contribution in [0.2, 0.25) is 0 Å². The molecule has 0 saturated carbocycles. The number of hydrogen-bond acceptors (Lipinski definition) is 2. The number of hydrogen-bond donors (Lipinski definition) is 2. The summed E-state index contributed by atoms with van der Waals surface area (Å²) in [7, 11) is 0. The van der Waals surface area contributed by atoms with E-state index in [1.807, 2.05) is 36.4 Å². The third-order valence-electron chi connectivity index (χ3n) is 2.25. The highest BCUT2D eigenvalue weighted by Gasteiger charge is 1.96. The topological polar surface area (TPSA) is 12.0 Å². The van der Waals surface area contributed by atoms with Crippen molar-refractivity contribution < 1.29 is 0 Å². The number of nitrogens with one attached hydrogen (secondary N) is 1. The molecule has 0 atom stereocenters. The molecule has 1 nitrogen and oxygen atoms in total. The van der Waals surface area contributed by atoms with Crippen LogP contribution in [0.5, 0.6) is 0 Å². The van der Waals surface area contributed by atoms with Gasteiger partial charge in [-0.05, 0) is 23.8 Å². The summed E-state index contributed by atoms with van der Waals surface area (Å²) in [5.41, 5.74) is 2.35. The van der Waals surface area contributed by atoms with Crippen LogP contribution in [-0.2, 0) is 6.54 Å². The van der Waals surface area contributed by atoms with Gasteiger partial charge in [-0.3, -0.25) is 0 Å². The average Bonchev–Trinajstić information content (AvgIpc) is 2.29. The fraction of sp³-hybridized carbons (Fsp3) is 0.0769. The zero-order valence-corrected chi connectivity index (χ0v) is 9.24. The van der Waals surface area contributed by atoms with E-state index in [1.54, 1.807) is 0 Å². The monoisotopic (exact) mass is 215 g/mol. The lowest BCUT2D eigenvalue weighted by Crippen LogP contribution is -1.99. The molecular formula is C13H13NS. The van der Waals surface area contributed by atoms with Crippen LogP contribution in [0.15, 0.2) is 59.5 Å². The molecule has 2 rings (SSSR count). The summed E-state index contributed by atoms with van der Waals surface area (Å²) in [5.74, 6) is 0. The quantitative estimate of drug-likeness (QED) is 0.746. The predicted molar refractivity (Wildman–Crippen MR) is 67.5 cm³/mol. The standard InChI is InChI=1S/C13H13NS/c15-13-9-5-4-6-11(13)10-14-12-7-2-1-3-8-12/h1-9,14-15H,10H2. The molecule has 0 aliphatic carbocycles. The van der Waals surface area contributed by atoms with E-state index in [-0.39, 0.29) is 0 Å².